The van der Waals surface area contributed by atoms with Crippen LogP contribution in [0.4, 0.5) is 10.2 Å². The summed E-state index contributed by atoms with van der Waals surface area (Å²) in [6.07, 6.45) is 2.52. The van der Waals surface area contributed by atoms with Crippen LogP contribution in [0, 0.1) is 5.82 Å². The topological polar surface area (TPSA) is 55.5 Å². The molecule has 0 bridgehead atoms. The Morgan fingerprint density at radius 1 is 1.26 bits per heavy atom. The van der Waals surface area contributed by atoms with E-state index in [9.17, 15) is 9.18 Å². The van der Waals surface area contributed by atoms with Gasteiger partial charge < -0.3 is 9.80 Å². The molecule has 1 aromatic heterocycles. The average molecular weight is 371 g/mol. The number of nitrogens with zero attached hydrogens (tertiary/aromatic N) is 4. The lowest BCUT2D eigenvalue weighted by Crippen LogP contribution is -2.49. The highest BCUT2D eigenvalue weighted by Crippen LogP contribution is 2.39. The standard InChI is InChI=1S/C20H26FN5O/c1-24(13-16-4-2-3-5-17(16)21)20(27)14-25-8-10-26(11-9-25)19-12-18(22-23-19)15-6-7-15/h2-5,12,15H,6-11,13-14H2,1H3,(H,22,23). The Morgan fingerprint density at radius 2 is 2.00 bits per heavy atom. The Bertz CT molecular complexity index is 795. The molecule has 1 saturated heterocycles. The van der Waals surface area contributed by atoms with E-state index in [4.69, 9.17) is 0 Å². The maximum Gasteiger partial charge on any atom is 0.236 e. The third kappa shape index (κ3) is 4.30. The third-order valence-corrected chi connectivity index (χ3v) is 5.45. The van der Waals surface area contributed by atoms with Crippen molar-refractivity contribution < 1.29 is 9.18 Å². The summed E-state index contributed by atoms with van der Waals surface area (Å²) in [5, 5.41) is 7.60. The number of benzene rings is 1. The van der Waals surface area contributed by atoms with E-state index in [0.29, 0.717) is 24.6 Å². The predicted molar refractivity (Wildman–Crippen MR) is 102 cm³/mol. The fourth-order valence-corrected chi connectivity index (χ4v) is 3.51. The third-order valence-electron chi connectivity index (χ3n) is 5.45. The molecule has 1 aromatic carbocycles. The predicted octanol–water partition coefficient (Wildman–Crippen LogP) is 2.21. The van der Waals surface area contributed by atoms with Gasteiger partial charge in [0, 0.05) is 63.0 Å². The van der Waals surface area contributed by atoms with E-state index in [2.05, 4.69) is 26.1 Å². The molecule has 0 atom stereocenters. The number of rotatable bonds is 6. The van der Waals surface area contributed by atoms with Gasteiger partial charge in [0.05, 0.1) is 6.54 Å². The van der Waals surface area contributed by atoms with E-state index >= 15 is 0 Å². The van der Waals surface area contributed by atoms with Gasteiger partial charge in [-0.3, -0.25) is 14.8 Å². The molecule has 2 fully saturated rings. The highest BCUT2D eigenvalue weighted by molar-refractivity contribution is 5.78. The number of hydrogen-bond acceptors (Lipinski definition) is 4. The van der Waals surface area contributed by atoms with Crippen LogP contribution in [-0.4, -0.2) is 65.7 Å². The Kier molecular flexibility index (Phi) is 5.11. The number of aromatic nitrogens is 2. The van der Waals surface area contributed by atoms with Crippen LogP contribution < -0.4 is 4.90 Å². The van der Waals surface area contributed by atoms with Crippen molar-refractivity contribution in [3.8, 4) is 0 Å². The fraction of sp³-hybridized carbons (Fsp3) is 0.500. The molecule has 7 heteroatoms. The second-order valence-corrected chi connectivity index (χ2v) is 7.56. The summed E-state index contributed by atoms with van der Waals surface area (Å²) < 4.78 is 13.8. The molecular weight excluding hydrogens is 345 g/mol. The van der Waals surface area contributed by atoms with Gasteiger partial charge in [0.2, 0.25) is 5.91 Å². The van der Waals surface area contributed by atoms with E-state index in [1.807, 2.05) is 0 Å². The maximum absolute atomic E-state index is 13.8. The quantitative estimate of drug-likeness (QED) is 0.846. The van der Waals surface area contributed by atoms with Gasteiger partial charge in [-0.05, 0) is 18.9 Å². The number of amides is 1. The Morgan fingerprint density at radius 3 is 2.70 bits per heavy atom. The zero-order valence-electron chi connectivity index (χ0n) is 15.7. The number of piperazine rings is 1. The molecule has 0 spiro atoms. The Labute approximate surface area is 158 Å². The summed E-state index contributed by atoms with van der Waals surface area (Å²) >= 11 is 0. The number of carbonyl (C=O) groups excluding carboxylic acids is 1. The van der Waals surface area contributed by atoms with E-state index < -0.39 is 0 Å². The van der Waals surface area contributed by atoms with Gasteiger partial charge in [-0.1, -0.05) is 18.2 Å². The fourth-order valence-electron chi connectivity index (χ4n) is 3.51. The van der Waals surface area contributed by atoms with Crippen molar-refractivity contribution in [1.29, 1.82) is 0 Å². The number of nitrogens with one attached hydrogen (secondary N) is 1. The highest BCUT2D eigenvalue weighted by atomic mass is 19.1. The monoisotopic (exact) mass is 371 g/mol. The van der Waals surface area contributed by atoms with Crippen LogP contribution in [0.3, 0.4) is 0 Å². The van der Waals surface area contributed by atoms with E-state index in [-0.39, 0.29) is 11.7 Å². The number of likely N-dealkylation sites (N-methyl/N-ethyl adjacent to an activating group) is 1. The van der Waals surface area contributed by atoms with Crippen LogP contribution in [-0.2, 0) is 11.3 Å². The van der Waals surface area contributed by atoms with Gasteiger partial charge >= 0.3 is 0 Å². The minimum Gasteiger partial charge on any atom is -0.353 e. The van der Waals surface area contributed by atoms with Crippen LogP contribution in [0.15, 0.2) is 30.3 Å². The van der Waals surface area contributed by atoms with Crippen molar-refractivity contribution in [2.75, 3.05) is 44.7 Å². The Hall–Kier alpha value is -2.41. The first-order valence-electron chi connectivity index (χ1n) is 9.60. The van der Waals surface area contributed by atoms with Crippen LogP contribution in [0.2, 0.25) is 0 Å². The smallest absolute Gasteiger partial charge is 0.236 e. The van der Waals surface area contributed by atoms with E-state index in [1.54, 1.807) is 30.1 Å². The minimum atomic E-state index is -0.268. The zero-order valence-corrected chi connectivity index (χ0v) is 15.7. The number of aromatic amines is 1. The highest BCUT2D eigenvalue weighted by Gasteiger charge is 2.27. The number of halogens is 1. The molecule has 6 nitrogen and oxygen atoms in total. The van der Waals surface area contributed by atoms with Crippen LogP contribution >= 0.6 is 0 Å². The van der Waals surface area contributed by atoms with Crippen molar-refractivity contribution in [1.82, 2.24) is 20.0 Å². The van der Waals surface area contributed by atoms with Gasteiger partial charge in [0.25, 0.3) is 0 Å². The Balaban J connectivity index is 1.25. The summed E-state index contributed by atoms with van der Waals surface area (Å²) in [6, 6.07) is 8.77. The summed E-state index contributed by atoms with van der Waals surface area (Å²) in [5.74, 6) is 1.44. The molecule has 2 heterocycles. The first-order chi connectivity index (χ1) is 13.1. The van der Waals surface area contributed by atoms with Gasteiger partial charge in [-0.25, -0.2) is 4.39 Å². The van der Waals surface area contributed by atoms with Gasteiger partial charge in [0.1, 0.15) is 5.82 Å². The molecule has 1 aliphatic carbocycles. The summed E-state index contributed by atoms with van der Waals surface area (Å²) in [7, 11) is 1.73. The maximum atomic E-state index is 13.8. The van der Waals surface area contributed by atoms with E-state index in [1.165, 1.54) is 24.6 Å². The van der Waals surface area contributed by atoms with Crippen molar-refractivity contribution in [2.45, 2.75) is 25.3 Å². The summed E-state index contributed by atoms with van der Waals surface area (Å²) in [6.45, 7) is 4.03. The molecule has 1 aliphatic heterocycles. The zero-order chi connectivity index (χ0) is 18.8. The van der Waals surface area contributed by atoms with Crippen LogP contribution in [0.1, 0.15) is 30.0 Å². The molecule has 2 aliphatic rings. The van der Waals surface area contributed by atoms with Crippen molar-refractivity contribution in [2.24, 2.45) is 0 Å². The number of carbonyl (C=O) groups is 1. The molecule has 1 amide bonds. The molecule has 0 radical (unpaired) electrons. The largest absolute Gasteiger partial charge is 0.353 e. The van der Waals surface area contributed by atoms with Crippen LogP contribution in [0.5, 0.6) is 0 Å². The first-order valence-corrected chi connectivity index (χ1v) is 9.60. The normalized spacial score (nSPS) is 17.9. The minimum absolute atomic E-state index is 0.0162. The van der Waals surface area contributed by atoms with Crippen molar-refractivity contribution in [3.05, 3.63) is 47.4 Å². The lowest BCUT2D eigenvalue weighted by atomic mass is 10.2. The number of anilines is 1. The first kappa shape index (κ1) is 18.0. The second-order valence-electron chi connectivity index (χ2n) is 7.56. The second kappa shape index (κ2) is 7.68. The molecule has 144 valence electrons. The number of hydrogen-bond donors (Lipinski definition) is 1. The van der Waals surface area contributed by atoms with Crippen molar-refractivity contribution in [3.63, 3.8) is 0 Å². The molecule has 0 unspecified atom stereocenters. The number of H-pyrrole nitrogens is 1. The average Bonchev–Trinajstić information content (AvgIpc) is 3.41. The molecule has 27 heavy (non-hydrogen) atoms. The summed E-state index contributed by atoms with van der Waals surface area (Å²) in [4.78, 5) is 18.5. The van der Waals surface area contributed by atoms with Gasteiger partial charge in [-0.2, -0.15) is 5.10 Å². The van der Waals surface area contributed by atoms with Gasteiger partial charge in [0.15, 0.2) is 5.82 Å². The molecular formula is C20H26FN5O. The summed E-state index contributed by atoms with van der Waals surface area (Å²) in [5.41, 5.74) is 1.79. The van der Waals surface area contributed by atoms with Crippen molar-refractivity contribution >= 4 is 11.7 Å². The molecule has 1 N–H and O–H groups in total. The SMILES string of the molecule is CN(Cc1ccccc1F)C(=O)CN1CCN(c2cc(C3CC3)[nH]n2)CC1. The van der Waals surface area contributed by atoms with Gasteiger partial charge in [-0.15, -0.1) is 0 Å². The molecule has 1 saturated carbocycles. The molecule has 4 rings (SSSR count). The lowest BCUT2D eigenvalue weighted by molar-refractivity contribution is -0.131. The lowest BCUT2D eigenvalue weighted by Gasteiger charge is -2.35. The van der Waals surface area contributed by atoms with Crippen LogP contribution in [0.25, 0.3) is 0 Å². The molecule has 2 aromatic rings. The van der Waals surface area contributed by atoms with E-state index in [0.717, 1.165) is 32.0 Å².